The second kappa shape index (κ2) is 5.61. The molecule has 0 aliphatic heterocycles. The van der Waals surface area contributed by atoms with Gasteiger partial charge in [0.25, 0.3) is 0 Å². The number of carbonyl (C=O) groups excluding carboxylic acids is 1. The molecule has 4 heteroatoms. The average Bonchev–Trinajstić information content (AvgIpc) is 2.89. The number of esters is 1. The summed E-state index contributed by atoms with van der Waals surface area (Å²) in [7, 11) is 0. The van der Waals surface area contributed by atoms with Crippen LogP contribution in [0.2, 0.25) is 0 Å². The van der Waals surface area contributed by atoms with Crippen LogP contribution in [0.15, 0.2) is 47.8 Å². The Morgan fingerprint density at radius 2 is 2.00 bits per heavy atom. The number of hydrogen-bond donors (Lipinski definition) is 1. The molecule has 2 rings (SSSR count). The van der Waals surface area contributed by atoms with E-state index in [1.165, 1.54) is 0 Å². The van der Waals surface area contributed by atoms with E-state index in [9.17, 15) is 4.79 Å². The Morgan fingerprint density at radius 3 is 2.65 bits per heavy atom. The molecular weight excluding hydrogens is 234 g/mol. The van der Waals surface area contributed by atoms with Gasteiger partial charge in [-0.2, -0.15) is 0 Å². The minimum absolute atomic E-state index is 0.289. The summed E-state index contributed by atoms with van der Waals surface area (Å²) in [5.74, 6) is -0.399. The fraction of sp³-hybridized carbons (Fsp3) is 0.154. The van der Waals surface area contributed by atoms with E-state index in [0.717, 1.165) is 10.4 Å². The van der Waals surface area contributed by atoms with Crippen molar-refractivity contribution < 1.29 is 9.53 Å². The minimum Gasteiger partial charge on any atom is -0.459 e. The molecule has 0 spiro atoms. The first kappa shape index (κ1) is 11.8. The van der Waals surface area contributed by atoms with Crippen molar-refractivity contribution in [2.75, 3.05) is 0 Å². The van der Waals surface area contributed by atoms with Crippen LogP contribution < -0.4 is 5.73 Å². The Bertz CT molecular complexity index is 467. The summed E-state index contributed by atoms with van der Waals surface area (Å²) in [5, 5.41) is 1.94. The molecule has 2 aromatic rings. The summed E-state index contributed by atoms with van der Waals surface area (Å²) in [6.07, 6.45) is 0. The monoisotopic (exact) mass is 247 g/mol. The molecule has 1 heterocycles. The van der Waals surface area contributed by atoms with Gasteiger partial charge in [-0.15, -0.1) is 11.3 Å². The van der Waals surface area contributed by atoms with Crippen LogP contribution in [-0.2, 0) is 16.1 Å². The highest BCUT2D eigenvalue weighted by Crippen LogP contribution is 2.14. The fourth-order valence-corrected chi connectivity index (χ4v) is 2.04. The van der Waals surface area contributed by atoms with Crippen LogP contribution in [0.5, 0.6) is 0 Å². The van der Waals surface area contributed by atoms with E-state index in [4.69, 9.17) is 10.5 Å². The first-order valence-corrected chi connectivity index (χ1v) is 6.15. The van der Waals surface area contributed by atoms with E-state index < -0.39 is 12.0 Å². The number of nitrogens with two attached hydrogens (primary N) is 1. The van der Waals surface area contributed by atoms with Crippen LogP contribution in [0.4, 0.5) is 0 Å². The number of rotatable bonds is 4. The molecule has 0 saturated heterocycles. The zero-order valence-electron chi connectivity index (χ0n) is 9.21. The van der Waals surface area contributed by atoms with Crippen molar-refractivity contribution in [3.8, 4) is 0 Å². The van der Waals surface area contributed by atoms with Gasteiger partial charge in [0.2, 0.25) is 0 Å². The van der Waals surface area contributed by atoms with Crippen LogP contribution in [-0.4, -0.2) is 5.97 Å². The van der Waals surface area contributed by atoms with Crippen molar-refractivity contribution in [1.82, 2.24) is 0 Å². The summed E-state index contributed by atoms with van der Waals surface area (Å²) >= 11 is 1.55. The Morgan fingerprint density at radius 1 is 1.24 bits per heavy atom. The normalized spacial score (nSPS) is 12.1. The number of hydrogen-bond acceptors (Lipinski definition) is 4. The molecule has 17 heavy (non-hydrogen) atoms. The molecule has 1 aromatic carbocycles. The molecule has 88 valence electrons. The van der Waals surface area contributed by atoms with Gasteiger partial charge in [-0.25, -0.2) is 4.79 Å². The third kappa shape index (κ3) is 3.15. The Labute approximate surface area is 104 Å². The molecule has 0 radical (unpaired) electrons. The zero-order chi connectivity index (χ0) is 12.1. The van der Waals surface area contributed by atoms with Crippen molar-refractivity contribution in [2.45, 2.75) is 12.6 Å². The fourth-order valence-electron chi connectivity index (χ4n) is 1.42. The van der Waals surface area contributed by atoms with E-state index >= 15 is 0 Å². The van der Waals surface area contributed by atoms with E-state index in [-0.39, 0.29) is 6.61 Å². The molecule has 1 aromatic heterocycles. The molecule has 0 aliphatic rings. The highest BCUT2D eigenvalue weighted by molar-refractivity contribution is 7.09. The highest BCUT2D eigenvalue weighted by Gasteiger charge is 2.16. The number of ether oxygens (including phenoxy) is 1. The first-order chi connectivity index (χ1) is 8.27. The lowest BCUT2D eigenvalue weighted by Gasteiger charge is -2.10. The molecule has 2 N–H and O–H groups in total. The van der Waals surface area contributed by atoms with Gasteiger partial charge < -0.3 is 10.5 Å². The molecule has 3 nitrogen and oxygen atoms in total. The van der Waals surface area contributed by atoms with Gasteiger partial charge in [-0.3, -0.25) is 0 Å². The summed E-state index contributed by atoms with van der Waals surface area (Å²) in [4.78, 5) is 12.7. The van der Waals surface area contributed by atoms with Crippen LogP contribution in [0.1, 0.15) is 16.5 Å². The maximum absolute atomic E-state index is 11.7. The molecule has 1 atom stereocenters. The molecule has 0 unspecified atom stereocenters. The highest BCUT2D eigenvalue weighted by atomic mass is 32.1. The predicted molar refractivity (Wildman–Crippen MR) is 67.5 cm³/mol. The first-order valence-electron chi connectivity index (χ1n) is 5.27. The topological polar surface area (TPSA) is 52.3 Å². The quantitative estimate of drug-likeness (QED) is 0.844. The van der Waals surface area contributed by atoms with Crippen LogP contribution in [0, 0.1) is 0 Å². The van der Waals surface area contributed by atoms with Crippen LogP contribution in [0.25, 0.3) is 0 Å². The third-order valence-corrected chi connectivity index (χ3v) is 3.20. The predicted octanol–water partition coefficient (Wildman–Crippen LogP) is 2.49. The van der Waals surface area contributed by atoms with Gasteiger partial charge in [0.1, 0.15) is 12.6 Å². The van der Waals surface area contributed by atoms with Crippen molar-refractivity contribution in [1.29, 1.82) is 0 Å². The standard InChI is InChI=1S/C13H13NO2S/c14-12(10-5-2-1-3-6-10)13(15)16-9-11-7-4-8-17-11/h1-8,12H,9,14H2/t12-/m1/s1. The summed E-state index contributed by atoms with van der Waals surface area (Å²) in [6, 6.07) is 12.3. The third-order valence-electron chi connectivity index (χ3n) is 2.35. The van der Waals surface area contributed by atoms with Crippen molar-refractivity contribution in [3.63, 3.8) is 0 Å². The summed E-state index contributed by atoms with van der Waals surface area (Å²) < 4.78 is 5.15. The van der Waals surface area contributed by atoms with E-state index in [1.54, 1.807) is 11.3 Å². The van der Waals surface area contributed by atoms with Crippen LogP contribution >= 0.6 is 11.3 Å². The van der Waals surface area contributed by atoms with Gasteiger partial charge in [-0.05, 0) is 17.0 Å². The van der Waals surface area contributed by atoms with Gasteiger partial charge >= 0.3 is 5.97 Å². The van der Waals surface area contributed by atoms with Crippen LogP contribution in [0.3, 0.4) is 0 Å². The maximum atomic E-state index is 11.7. The lowest BCUT2D eigenvalue weighted by molar-refractivity contribution is -0.146. The van der Waals surface area contributed by atoms with Gasteiger partial charge in [-0.1, -0.05) is 36.4 Å². The summed E-state index contributed by atoms with van der Waals surface area (Å²) in [6.45, 7) is 0.289. The van der Waals surface area contributed by atoms with Crippen molar-refractivity contribution >= 4 is 17.3 Å². The number of carbonyl (C=O) groups is 1. The van der Waals surface area contributed by atoms with E-state index in [2.05, 4.69) is 0 Å². The van der Waals surface area contributed by atoms with Gasteiger partial charge in [0.15, 0.2) is 0 Å². The molecule has 0 aliphatic carbocycles. The van der Waals surface area contributed by atoms with Gasteiger partial charge in [0.05, 0.1) is 0 Å². The second-order valence-corrected chi connectivity index (χ2v) is 4.61. The summed E-state index contributed by atoms with van der Waals surface area (Å²) in [5.41, 5.74) is 6.57. The Balaban J connectivity index is 1.92. The minimum atomic E-state index is -0.712. The molecule has 0 fully saturated rings. The largest absolute Gasteiger partial charge is 0.459 e. The Kier molecular flexibility index (Phi) is 3.90. The Hall–Kier alpha value is -1.65. The SMILES string of the molecule is N[C@@H](C(=O)OCc1cccs1)c1ccccc1. The number of benzene rings is 1. The van der Waals surface area contributed by atoms with Crippen molar-refractivity contribution in [3.05, 3.63) is 58.3 Å². The maximum Gasteiger partial charge on any atom is 0.327 e. The lowest BCUT2D eigenvalue weighted by atomic mass is 10.1. The van der Waals surface area contributed by atoms with E-state index in [1.807, 2.05) is 47.8 Å². The molecule has 0 saturated carbocycles. The second-order valence-electron chi connectivity index (χ2n) is 3.58. The number of thiophene rings is 1. The molecule has 0 amide bonds. The molecule has 0 bridgehead atoms. The van der Waals surface area contributed by atoms with Crippen molar-refractivity contribution in [2.24, 2.45) is 5.73 Å². The molecular formula is C13H13NO2S. The zero-order valence-corrected chi connectivity index (χ0v) is 10.0. The lowest BCUT2D eigenvalue weighted by Crippen LogP contribution is -2.23. The van der Waals surface area contributed by atoms with E-state index in [0.29, 0.717) is 0 Å². The van der Waals surface area contributed by atoms with Gasteiger partial charge in [0, 0.05) is 4.88 Å². The smallest absolute Gasteiger partial charge is 0.327 e. The average molecular weight is 247 g/mol.